The van der Waals surface area contributed by atoms with Gasteiger partial charge in [-0.05, 0) is 37.8 Å². The molecule has 1 aliphatic rings. The van der Waals surface area contributed by atoms with Crippen LogP contribution >= 0.6 is 0 Å². The van der Waals surface area contributed by atoms with Crippen molar-refractivity contribution in [1.82, 2.24) is 5.32 Å². The minimum Gasteiger partial charge on any atom is -0.377 e. The first kappa shape index (κ1) is 11.6. The second kappa shape index (κ2) is 5.46. The Kier molecular flexibility index (Phi) is 3.97. The van der Waals surface area contributed by atoms with Crippen LogP contribution in [0.15, 0.2) is 30.3 Å². The predicted molar refractivity (Wildman–Crippen MR) is 66.6 cm³/mol. The molecule has 0 spiro atoms. The highest BCUT2D eigenvalue weighted by Crippen LogP contribution is 2.25. The van der Waals surface area contributed by atoms with Crippen molar-refractivity contribution >= 4 is 0 Å². The Morgan fingerprint density at radius 3 is 2.75 bits per heavy atom. The van der Waals surface area contributed by atoms with Gasteiger partial charge in [-0.25, -0.2) is 0 Å². The van der Waals surface area contributed by atoms with Crippen molar-refractivity contribution in [1.29, 1.82) is 0 Å². The molecular formula is C14H21NO. The third kappa shape index (κ3) is 2.83. The van der Waals surface area contributed by atoms with Gasteiger partial charge in [-0.2, -0.15) is 0 Å². The largest absolute Gasteiger partial charge is 0.377 e. The van der Waals surface area contributed by atoms with Crippen molar-refractivity contribution in [3.05, 3.63) is 35.9 Å². The molecule has 1 N–H and O–H groups in total. The van der Waals surface area contributed by atoms with E-state index in [-0.39, 0.29) is 5.60 Å². The topological polar surface area (TPSA) is 21.3 Å². The molecule has 0 aliphatic carbocycles. The molecule has 16 heavy (non-hydrogen) atoms. The summed E-state index contributed by atoms with van der Waals surface area (Å²) in [5.74, 6) is 0. The Morgan fingerprint density at radius 2 is 2.12 bits per heavy atom. The molecule has 0 aromatic heterocycles. The van der Waals surface area contributed by atoms with Gasteiger partial charge in [-0.3, -0.25) is 0 Å². The number of rotatable bonds is 4. The van der Waals surface area contributed by atoms with Crippen LogP contribution in [0.4, 0.5) is 0 Å². The van der Waals surface area contributed by atoms with E-state index in [0.717, 1.165) is 25.9 Å². The van der Waals surface area contributed by atoms with Gasteiger partial charge in [0.05, 0.1) is 5.60 Å². The van der Waals surface area contributed by atoms with Gasteiger partial charge in [0.25, 0.3) is 0 Å². The van der Waals surface area contributed by atoms with E-state index in [4.69, 9.17) is 4.74 Å². The lowest BCUT2D eigenvalue weighted by molar-refractivity contribution is -0.0344. The molecule has 1 atom stereocenters. The molecule has 2 heteroatoms. The van der Waals surface area contributed by atoms with E-state index >= 15 is 0 Å². The number of ether oxygens (including phenoxy) is 1. The fraction of sp³-hybridized carbons (Fsp3) is 0.571. The van der Waals surface area contributed by atoms with Gasteiger partial charge in [0.2, 0.25) is 0 Å². The summed E-state index contributed by atoms with van der Waals surface area (Å²) in [4.78, 5) is 0. The summed E-state index contributed by atoms with van der Waals surface area (Å²) >= 11 is 0. The molecule has 0 radical (unpaired) electrons. The fourth-order valence-corrected chi connectivity index (χ4v) is 2.45. The van der Waals surface area contributed by atoms with E-state index < -0.39 is 0 Å². The number of hydrogen-bond donors (Lipinski definition) is 1. The smallest absolute Gasteiger partial charge is 0.0806 e. The number of hydrogen-bond acceptors (Lipinski definition) is 2. The average molecular weight is 219 g/mol. The standard InChI is InChI=1S/C14H21NO/c1-16-14(9-5-11-15-12-14)10-8-13-6-3-2-4-7-13/h2-4,6-7,15H,5,8-12H2,1H3. The Labute approximate surface area is 98.0 Å². The van der Waals surface area contributed by atoms with Crippen molar-refractivity contribution in [2.24, 2.45) is 0 Å². The van der Waals surface area contributed by atoms with Crippen molar-refractivity contribution < 1.29 is 4.74 Å². The minimum atomic E-state index is 0.0636. The maximum absolute atomic E-state index is 5.74. The predicted octanol–water partition coefficient (Wildman–Crippen LogP) is 2.39. The summed E-state index contributed by atoms with van der Waals surface area (Å²) < 4.78 is 5.74. The maximum atomic E-state index is 5.74. The number of methoxy groups -OCH3 is 1. The van der Waals surface area contributed by atoms with Crippen molar-refractivity contribution in [3.8, 4) is 0 Å². The van der Waals surface area contributed by atoms with Crippen LogP contribution in [-0.4, -0.2) is 25.8 Å². The van der Waals surface area contributed by atoms with E-state index in [1.165, 1.54) is 18.4 Å². The van der Waals surface area contributed by atoms with E-state index in [0.29, 0.717) is 0 Å². The highest BCUT2D eigenvalue weighted by molar-refractivity contribution is 5.15. The lowest BCUT2D eigenvalue weighted by Gasteiger charge is -2.36. The molecule has 1 heterocycles. The first-order valence-electron chi connectivity index (χ1n) is 6.14. The van der Waals surface area contributed by atoms with Crippen LogP contribution in [0.2, 0.25) is 0 Å². The molecule has 1 unspecified atom stereocenters. The van der Waals surface area contributed by atoms with Gasteiger partial charge in [0, 0.05) is 13.7 Å². The van der Waals surface area contributed by atoms with Gasteiger partial charge < -0.3 is 10.1 Å². The Bertz CT molecular complexity index is 304. The van der Waals surface area contributed by atoms with Crippen molar-refractivity contribution in [3.63, 3.8) is 0 Å². The van der Waals surface area contributed by atoms with Crippen LogP contribution in [-0.2, 0) is 11.2 Å². The van der Waals surface area contributed by atoms with Gasteiger partial charge >= 0.3 is 0 Å². The fourth-order valence-electron chi connectivity index (χ4n) is 2.45. The second-order valence-electron chi connectivity index (χ2n) is 4.65. The summed E-state index contributed by atoms with van der Waals surface area (Å²) in [6.07, 6.45) is 4.63. The lowest BCUT2D eigenvalue weighted by atomic mass is 9.87. The third-order valence-corrected chi connectivity index (χ3v) is 3.58. The van der Waals surface area contributed by atoms with Crippen molar-refractivity contribution in [2.75, 3.05) is 20.2 Å². The monoisotopic (exact) mass is 219 g/mol. The molecule has 1 saturated heterocycles. The zero-order valence-corrected chi connectivity index (χ0v) is 10.0. The molecule has 1 aliphatic heterocycles. The average Bonchev–Trinajstić information content (AvgIpc) is 2.39. The molecule has 0 saturated carbocycles. The van der Waals surface area contributed by atoms with Crippen LogP contribution in [0.3, 0.4) is 0 Å². The molecule has 1 aromatic carbocycles. The summed E-state index contributed by atoms with van der Waals surface area (Å²) in [5.41, 5.74) is 1.47. The SMILES string of the molecule is COC1(CCc2ccccc2)CCCNC1. The number of benzene rings is 1. The highest BCUT2D eigenvalue weighted by atomic mass is 16.5. The summed E-state index contributed by atoms with van der Waals surface area (Å²) in [6.45, 7) is 2.13. The molecule has 1 aromatic rings. The van der Waals surface area contributed by atoms with E-state index in [2.05, 4.69) is 35.6 Å². The Balaban J connectivity index is 1.92. The van der Waals surface area contributed by atoms with E-state index in [9.17, 15) is 0 Å². The summed E-state index contributed by atoms with van der Waals surface area (Å²) in [7, 11) is 1.85. The lowest BCUT2D eigenvalue weighted by Crippen LogP contribution is -2.47. The highest BCUT2D eigenvalue weighted by Gasteiger charge is 2.31. The zero-order valence-electron chi connectivity index (χ0n) is 10.0. The molecule has 0 amide bonds. The summed E-state index contributed by atoms with van der Waals surface area (Å²) in [5, 5.41) is 3.44. The van der Waals surface area contributed by atoms with E-state index in [1.807, 2.05) is 7.11 Å². The second-order valence-corrected chi connectivity index (χ2v) is 4.65. The first-order valence-corrected chi connectivity index (χ1v) is 6.14. The van der Waals surface area contributed by atoms with Gasteiger partial charge in [0.15, 0.2) is 0 Å². The normalized spacial score (nSPS) is 25.6. The van der Waals surface area contributed by atoms with Crippen LogP contribution in [0, 0.1) is 0 Å². The van der Waals surface area contributed by atoms with E-state index in [1.54, 1.807) is 0 Å². The van der Waals surface area contributed by atoms with Gasteiger partial charge in [-0.15, -0.1) is 0 Å². The first-order chi connectivity index (χ1) is 7.85. The van der Waals surface area contributed by atoms with Crippen LogP contribution < -0.4 is 5.32 Å². The quantitative estimate of drug-likeness (QED) is 0.839. The van der Waals surface area contributed by atoms with Crippen LogP contribution in [0.1, 0.15) is 24.8 Å². The van der Waals surface area contributed by atoms with Gasteiger partial charge in [0.1, 0.15) is 0 Å². The molecule has 0 bridgehead atoms. The third-order valence-electron chi connectivity index (χ3n) is 3.58. The number of nitrogens with one attached hydrogen (secondary N) is 1. The molecular weight excluding hydrogens is 198 g/mol. The van der Waals surface area contributed by atoms with Crippen molar-refractivity contribution in [2.45, 2.75) is 31.3 Å². The molecule has 88 valence electrons. The molecule has 1 fully saturated rings. The van der Waals surface area contributed by atoms with Crippen LogP contribution in [0.25, 0.3) is 0 Å². The molecule has 2 nitrogen and oxygen atoms in total. The Hall–Kier alpha value is -0.860. The zero-order chi connectivity index (χ0) is 11.3. The number of piperidine rings is 1. The van der Waals surface area contributed by atoms with Crippen LogP contribution in [0.5, 0.6) is 0 Å². The molecule has 2 rings (SSSR count). The summed E-state index contributed by atoms with van der Waals surface area (Å²) in [6, 6.07) is 10.7. The number of aryl methyl sites for hydroxylation is 1. The minimum absolute atomic E-state index is 0.0636. The van der Waals surface area contributed by atoms with Gasteiger partial charge in [-0.1, -0.05) is 30.3 Å². The maximum Gasteiger partial charge on any atom is 0.0806 e. The Morgan fingerprint density at radius 1 is 1.31 bits per heavy atom.